The van der Waals surface area contributed by atoms with Crippen LogP contribution in [0.15, 0.2) is 35.4 Å². The van der Waals surface area contributed by atoms with Gasteiger partial charge >= 0.3 is 6.09 Å². The highest BCUT2D eigenvalue weighted by atomic mass is 16.6. The summed E-state index contributed by atoms with van der Waals surface area (Å²) in [7, 11) is 0. The van der Waals surface area contributed by atoms with E-state index in [-0.39, 0.29) is 18.6 Å². The molecule has 1 aliphatic heterocycles. The van der Waals surface area contributed by atoms with Gasteiger partial charge in [0.2, 0.25) is 0 Å². The molecular formula is C18H26N4O3. The van der Waals surface area contributed by atoms with Gasteiger partial charge < -0.3 is 14.7 Å². The monoisotopic (exact) mass is 346 g/mol. The maximum Gasteiger partial charge on any atom is 0.410 e. The molecule has 136 valence electrons. The Morgan fingerprint density at radius 2 is 1.92 bits per heavy atom. The molecule has 0 radical (unpaired) electrons. The number of hydrogen-bond donors (Lipinski definition) is 1. The zero-order chi connectivity index (χ0) is 18.5. The van der Waals surface area contributed by atoms with Crippen molar-refractivity contribution in [1.82, 2.24) is 4.90 Å². The minimum absolute atomic E-state index is 0.0232. The Labute approximate surface area is 148 Å². The highest BCUT2D eigenvalue weighted by Crippen LogP contribution is 2.37. The Kier molecular flexibility index (Phi) is 5.93. The summed E-state index contributed by atoms with van der Waals surface area (Å²) < 4.78 is 5.41. The number of hydrogen-bond acceptors (Lipinski definition) is 4. The lowest BCUT2D eigenvalue weighted by atomic mass is 9.76. The molecule has 7 heteroatoms. The summed E-state index contributed by atoms with van der Waals surface area (Å²) >= 11 is 0. The van der Waals surface area contributed by atoms with E-state index < -0.39 is 11.2 Å². The fourth-order valence-corrected chi connectivity index (χ4v) is 3.19. The Balaban J connectivity index is 2.10. The molecule has 1 saturated heterocycles. The van der Waals surface area contributed by atoms with Crippen LogP contribution in [0.1, 0.15) is 39.2 Å². The number of azide groups is 1. The van der Waals surface area contributed by atoms with Crippen LogP contribution in [-0.2, 0) is 10.3 Å². The van der Waals surface area contributed by atoms with Gasteiger partial charge in [0, 0.05) is 18.0 Å². The van der Waals surface area contributed by atoms with E-state index >= 15 is 0 Å². The van der Waals surface area contributed by atoms with Crippen molar-refractivity contribution in [2.75, 3.05) is 19.6 Å². The van der Waals surface area contributed by atoms with E-state index in [1.165, 1.54) is 0 Å². The quantitative estimate of drug-likeness (QED) is 0.509. The van der Waals surface area contributed by atoms with Gasteiger partial charge in [-0.1, -0.05) is 35.4 Å². The average Bonchev–Trinajstić information content (AvgIpc) is 2.59. The molecule has 1 aromatic rings. The van der Waals surface area contributed by atoms with Gasteiger partial charge in [-0.3, -0.25) is 0 Å². The molecule has 0 saturated carbocycles. The zero-order valence-corrected chi connectivity index (χ0v) is 15.1. The lowest BCUT2D eigenvalue weighted by molar-refractivity contribution is -0.0450. The number of aliphatic hydroxyl groups is 1. The maximum absolute atomic E-state index is 12.2. The van der Waals surface area contributed by atoms with E-state index in [9.17, 15) is 9.90 Å². The van der Waals surface area contributed by atoms with E-state index in [0.717, 1.165) is 5.56 Å². The molecule has 2 rings (SSSR count). The first-order valence-corrected chi connectivity index (χ1v) is 8.53. The molecule has 1 atom stereocenters. The number of benzene rings is 1. The van der Waals surface area contributed by atoms with Crippen LogP contribution in [0.5, 0.6) is 0 Å². The van der Waals surface area contributed by atoms with E-state index in [4.69, 9.17) is 10.3 Å². The van der Waals surface area contributed by atoms with E-state index in [1.54, 1.807) is 4.90 Å². The van der Waals surface area contributed by atoms with Crippen LogP contribution in [0.2, 0.25) is 0 Å². The Hall–Kier alpha value is -2.24. The normalized spacial score (nSPS) is 18.2. The third-order valence-electron chi connectivity index (χ3n) is 4.47. The molecule has 0 aliphatic carbocycles. The van der Waals surface area contributed by atoms with Crippen molar-refractivity contribution < 1.29 is 14.6 Å². The number of nitrogens with zero attached hydrogens (tertiary/aromatic N) is 4. The minimum Gasteiger partial charge on any atom is -0.444 e. The maximum atomic E-state index is 12.2. The third kappa shape index (κ3) is 4.87. The van der Waals surface area contributed by atoms with Gasteiger partial charge in [-0.05, 0) is 50.6 Å². The van der Waals surface area contributed by atoms with Crippen LogP contribution in [0, 0.1) is 5.92 Å². The van der Waals surface area contributed by atoms with Crippen molar-refractivity contribution in [3.63, 3.8) is 0 Å². The number of carbonyl (C=O) groups is 1. The first kappa shape index (κ1) is 19.1. The Morgan fingerprint density at radius 1 is 1.32 bits per heavy atom. The topological polar surface area (TPSA) is 98.5 Å². The van der Waals surface area contributed by atoms with Crippen LogP contribution in [0.4, 0.5) is 4.79 Å². The smallest absolute Gasteiger partial charge is 0.410 e. The number of amides is 1. The number of carbonyl (C=O) groups excluding carboxylic acids is 1. The van der Waals surface area contributed by atoms with E-state index in [1.807, 2.05) is 51.1 Å². The molecule has 1 aromatic carbocycles. The zero-order valence-electron chi connectivity index (χ0n) is 15.1. The predicted octanol–water partition coefficient (Wildman–Crippen LogP) is 3.83. The Bertz CT molecular complexity index is 629. The van der Waals surface area contributed by atoms with Crippen LogP contribution in [-0.4, -0.2) is 41.3 Å². The fourth-order valence-electron chi connectivity index (χ4n) is 3.19. The Morgan fingerprint density at radius 3 is 2.44 bits per heavy atom. The molecule has 1 heterocycles. The fraction of sp³-hybridized carbons (Fsp3) is 0.611. The summed E-state index contributed by atoms with van der Waals surface area (Å²) in [5, 5.41) is 14.9. The molecule has 1 amide bonds. The molecule has 0 aromatic heterocycles. The second-order valence-electron chi connectivity index (χ2n) is 7.42. The molecule has 1 N–H and O–H groups in total. The van der Waals surface area contributed by atoms with Crippen LogP contribution in [0.25, 0.3) is 10.4 Å². The molecule has 0 spiro atoms. The van der Waals surface area contributed by atoms with Crippen LogP contribution >= 0.6 is 0 Å². The van der Waals surface area contributed by atoms with E-state index in [0.29, 0.717) is 25.9 Å². The van der Waals surface area contributed by atoms with Crippen molar-refractivity contribution >= 4 is 6.09 Å². The van der Waals surface area contributed by atoms with Gasteiger partial charge in [0.15, 0.2) is 0 Å². The molecule has 0 bridgehead atoms. The van der Waals surface area contributed by atoms with Gasteiger partial charge in [0.05, 0.1) is 12.1 Å². The van der Waals surface area contributed by atoms with Gasteiger partial charge in [-0.2, -0.15) is 0 Å². The van der Waals surface area contributed by atoms with Gasteiger partial charge in [0.1, 0.15) is 5.60 Å². The summed E-state index contributed by atoms with van der Waals surface area (Å²) in [5.74, 6) is -0.0981. The molecule has 1 fully saturated rings. The largest absolute Gasteiger partial charge is 0.444 e. The SMILES string of the molecule is CC(C)(C)OC(=O)N1CCC([C@](O)(CN=[N+]=[N-])c2ccccc2)CC1. The predicted molar refractivity (Wildman–Crippen MR) is 94.9 cm³/mol. The van der Waals surface area contributed by atoms with Crippen molar-refractivity contribution in [1.29, 1.82) is 0 Å². The summed E-state index contributed by atoms with van der Waals surface area (Å²) in [6.07, 6.45) is 0.904. The second kappa shape index (κ2) is 7.76. The van der Waals surface area contributed by atoms with Gasteiger partial charge in [0.25, 0.3) is 0 Å². The summed E-state index contributed by atoms with van der Waals surface area (Å²) in [5.41, 5.74) is 7.65. The highest BCUT2D eigenvalue weighted by Gasteiger charge is 2.40. The molecule has 7 nitrogen and oxygen atoms in total. The van der Waals surface area contributed by atoms with Gasteiger partial charge in [-0.15, -0.1) is 0 Å². The van der Waals surface area contributed by atoms with Crippen molar-refractivity contribution in [3.05, 3.63) is 46.3 Å². The number of rotatable bonds is 4. The lowest BCUT2D eigenvalue weighted by Crippen LogP contribution is -2.47. The number of piperidine rings is 1. The molecule has 1 aliphatic rings. The first-order valence-electron chi connectivity index (χ1n) is 8.53. The highest BCUT2D eigenvalue weighted by molar-refractivity contribution is 5.68. The summed E-state index contributed by atoms with van der Waals surface area (Å²) in [6, 6.07) is 9.27. The number of likely N-dealkylation sites (tertiary alicyclic amines) is 1. The summed E-state index contributed by atoms with van der Waals surface area (Å²) in [4.78, 5) is 16.7. The summed E-state index contributed by atoms with van der Waals surface area (Å²) in [6.45, 7) is 6.50. The van der Waals surface area contributed by atoms with E-state index in [2.05, 4.69) is 10.0 Å². The second-order valence-corrected chi connectivity index (χ2v) is 7.42. The third-order valence-corrected chi connectivity index (χ3v) is 4.47. The van der Waals surface area contributed by atoms with Gasteiger partial charge in [-0.25, -0.2) is 4.79 Å². The van der Waals surface area contributed by atoms with Crippen molar-refractivity contribution in [3.8, 4) is 0 Å². The first-order chi connectivity index (χ1) is 11.8. The standard InChI is InChI=1S/C18H26N4O3/c1-17(2,3)25-16(23)22-11-9-15(10-12-22)18(24,13-20-21-19)14-7-5-4-6-8-14/h4-8,15,24H,9-13H2,1-3H3/t18-/m0/s1. The van der Waals surface area contributed by atoms with Crippen molar-refractivity contribution in [2.45, 2.75) is 44.8 Å². The lowest BCUT2D eigenvalue weighted by Gasteiger charge is -2.41. The van der Waals surface area contributed by atoms with Crippen LogP contribution in [0.3, 0.4) is 0 Å². The molecule has 25 heavy (non-hydrogen) atoms. The van der Waals surface area contributed by atoms with Crippen molar-refractivity contribution in [2.24, 2.45) is 11.0 Å². The molecular weight excluding hydrogens is 320 g/mol. The average molecular weight is 346 g/mol. The van der Waals surface area contributed by atoms with Crippen LogP contribution < -0.4 is 0 Å². The molecule has 0 unspecified atom stereocenters. The number of ether oxygens (including phenoxy) is 1. The minimum atomic E-state index is -1.23.